The summed E-state index contributed by atoms with van der Waals surface area (Å²) < 4.78 is 4.75. The molecule has 0 unspecified atom stereocenters. The van der Waals surface area contributed by atoms with E-state index in [1.165, 1.54) is 5.56 Å². The predicted octanol–water partition coefficient (Wildman–Crippen LogP) is 2.07. The normalized spacial score (nSPS) is 11.4. The van der Waals surface area contributed by atoms with E-state index < -0.39 is 6.72 Å². The van der Waals surface area contributed by atoms with Gasteiger partial charge in [0.1, 0.15) is 0 Å². The SMILES string of the molecule is B=Cc1ccc(CCCCCCOP(O)(O)=S)cc1. The first-order chi connectivity index (χ1) is 9.01. The summed E-state index contributed by atoms with van der Waals surface area (Å²) in [5, 5.41) is 0. The van der Waals surface area contributed by atoms with E-state index in [-0.39, 0.29) is 0 Å². The Kier molecular flexibility index (Phi) is 7.73. The molecule has 0 saturated carbocycles. The van der Waals surface area contributed by atoms with Crippen LogP contribution in [0, 0.1) is 0 Å². The molecule has 0 amide bonds. The van der Waals surface area contributed by atoms with Crippen molar-refractivity contribution in [3.63, 3.8) is 0 Å². The third-order valence-electron chi connectivity index (χ3n) is 2.83. The Morgan fingerprint density at radius 1 is 1.11 bits per heavy atom. The first-order valence-electron chi connectivity index (χ1n) is 6.43. The van der Waals surface area contributed by atoms with Gasteiger partial charge in [-0.3, -0.25) is 0 Å². The zero-order chi connectivity index (χ0) is 14.1. The number of benzene rings is 1. The predicted molar refractivity (Wildman–Crippen MR) is 85.6 cm³/mol. The summed E-state index contributed by atoms with van der Waals surface area (Å²) in [6.07, 6.45) is 5.12. The van der Waals surface area contributed by atoms with Gasteiger partial charge in [-0.05, 0) is 11.8 Å². The van der Waals surface area contributed by atoms with Crippen LogP contribution in [0.15, 0.2) is 24.3 Å². The average molecular weight is 298 g/mol. The molecule has 3 nitrogen and oxygen atoms in total. The summed E-state index contributed by atoms with van der Waals surface area (Å²) in [6.45, 7) is -3.12. The van der Waals surface area contributed by atoms with E-state index in [0.717, 1.165) is 37.7 Å². The molecule has 0 fully saturated rings. The molecule has 0 bridgehead atoms. The van der Waals surface area contributed by atoms with Crippen molar-refractivity contribution in [1.29, 1.82) is 0 Å². The van der Waals surface area contributed by atoms with Crippen molar-refractivity contribution in [2.45, 2.75) is 32.1 Å². The van der Waals surface area contributed by atoms with E-state index in [1.54, 1.807) is 0 Å². The molecule has 0 aliphatic carbocycles. The van der Waals surface area contributed by atoms with Gasteiger partial charge in [0.05, 0.1) is 0 Å². The molecule has 0 aromatic heterocycles. The molecule has 6 heteroatoms. The van der Waals surface area contributed by atoms with E-state index in [2.05, 4.69) is 43.6 Å². The monoisotopic (exact) mass is 298 g/mol. The first-order valence-corrected chi connectivity index (χ1v) is 9.05. The summed E-state index contributed by atoms with van der Waals surface area (Å²) in [5.41, 5.74) is 2.48. The van der Waals surface area contributed by atoms with Crippen molar-refractivity contribution in [3.8, 4) is 0 Å². The fourth-order valence-electron chi connectivity index (χ4n) is 1.79. The quantitative estimate of drug-likeness (QED) is 0.416. The van der Waals surface area contributed by atoms with Crippen LogP contribution in [0.4, 0.5) is 0 Å². The number of rotatable bonds is 9. The third kappa shape index (κ3) is 8.45. The molecule has 1 rings (SSSR count). The number of hydrogen-bond acceptors (Lipinski definition) is 2. The van der Waals surface area contributed by atoms with Crippen LogP contribution in [0.3, 0.4) is 0 Å². The van der Waals surface area contributed by atoms with Crippen molar-refractivity contribution < 1.29 is 14.3 Å². The van der Waals surface area contributed by atoms with Gasteiger partial charge in [0.25, 0.3) is 0 Å². The molecule has 0 spiro atoms. The van der Waals surface area contributed by atoms with Gasteiger partial charge in [0.2, 0.25) is 0 Å². The molecular formula is C13H20BO3PS. The summed E-state index contributed by atoms with van der Waals surface area (Å²) in [5.74, 6) is 1.84. The maximum atomic E-state index is 8.86. The molecule has 0 aliphatic heterocycles. The summed E-state index contributed by atoms with van der Waals surface area (Å²) in [4.78, 5) is 17.7. The Balaban J connectivity index is 2.07. The van der Waals surface area contributed by atoms with Crippen LogP contribution in [0.2, 0.25) is 0 Å². The number of unbranched alkanes of at least 4 members (excludes halogenated alkanes) is 3. The fraction of sp³-hybridized carbons (Fsp3) is 0.462. The Labute approximate surface area is 121 Å². The Morgan fingerprint density at radius 3 is 2.32 bits per heavy atom. The Hall–Kier alpha value is -0.315. The van der Waals surface area contributed by atoms with Gasteiger partial charge >= 0.3 is 98.8 Å². The topological polar surface area (TPSA) is 49.7 Å². The minimum absolute atomic E-state index is 0.332. The van der Waals surface area contributed by atoms with Crippen LogP contribution in [0.1, 0.15) is 36.8 Å². The van der Waals surface area contributed by atoms with Gasteiger partial charge in [-0.15, -0.1) is 0 Å². The third-order valence-corrected chi connectivity index (χ3v) is 3.67. The molecule has 1 aromatic rings. The number of aryl methyl sites for hydroxylation is 1. The Morgan fingerprint density at radius 2 is 1.74 bits per heavy atom. The molecule has 19 heavy (non-hydrogen) atoms. The van der Waals surface area contributed by atoms with E-state index in [4.69, 9.17) is 14.3 Å². The molecule has 2 N–H and O–H groups in total. The molecule has 0 saturated heterocycles. The van der Waals surface area contributed by atoms with Crippen LogP contribution >= 0.6 is 6.72 Å². The van der Waals surface area contributed by atoms with Crippen molar-refractivity contribution in [2.24, 2.45) is 0 Å². The molecule has 0 atom stereocenters. The number of hydrogen-bond donors (Lipinski definition) is 2. The molecule has 0 heterocycles. The van der Waals surface area contributed by atoms with Gasteiger partial charge in [-0.2, -0.15) is 0 Å². The zero-order valence-electron chi connectivity index (χ0n) is 11.0. The molecule has 1 aromatic carbocycles. The molecule has 0 aliphatic rings. The van der Waals surface area contributed by atoms with Crippen LogP contribution in [0.25, 0.3) is 0 Å². The van der Waals surface area contributed by atoms with E-state index >= 15 is 0 Å². The van der Waals surface area contributed by atoms with Gasteiger partial charge < -0.3 is 9.79 Å². The van der Waals surface area contributed by atoms with E-state index in [1.807, 2.05) is 5.97 Å². The zero-order valence-corrected chi connectivity index (χ0v) is 12.7. The Bertz CT molecular complexity index is 430. The van der Waals surface area contributed by atoms with Crippen LogP contribution < -0.4 is 0 Å². The summed E-state index contributed by atoms with van der Waals surface area (Å²) in [7, 11) is 3.73. The minimum atomic E-state index is -3.45. The molecular weight excluding hydrogens is 278 g/mol. The van der Waals surface area contributed by atoms with Gasteiger partial charge in [0, 0.05) is 0 Å². The average Bonchev–Trinajstić information content (AvgIpc) is 2.37. The molecule has 0 radical (unpaired) electrons. The van der Waals surface area contributed by atoms with Gasteiger partial charge in [0.15, 0.2) is 0 Å². The van der Waals surface area contributed by atoms with Crippen LogP contribution in [0.5, 0.6) is 0 Å². The first kappa shape index (κ1) is 16.7. The molecule has 104 valence electrons. The van der Waals surface area contributed by atoms with Crippen LogP contribution in [-0.2, 0) is 22.8 Å². The van der Waals surface area contributed by atoms with Crippen molar-refractivity contribution >= 4 is 32.0 Å². The van der Waals surface area contributed by atoms with E-state index in [9.17, 15) is 0 Å². The summed E-state index contributed by atoms with van der Waals surface area (Å²) >= 11 is 4.36. The van der Waals surface area contributed by atoms with Crippen LogP contribution in [-0.4, -0.2) is 29.8 Å². The summed E-state index contributed by atoms with van der Waals surface area (Å²) in [6, 6.07) is 8.42. The van der Waals surface area contributed by atoms with Crippen molar-refractivity contribution in [3.05, 3.63) is 35.4 Å². The standard InChI is InChI=1S/C13H20BO3PS/c14-11-13-8-6-12(7-9-13)5-3-1-2-4-10-17-18(15,16)19/h6-9,11,14H,1-5,10H2,(H2,15,16,19). The van der Waals surface area contributed by atoms with Crippen molar-refractivity contribution in [1.82, 2.24) is 0 Å². The van der Waals surface area contributed by atoms with Gasteiger partial charge in [-0.1, -0.05) is 0 Å². The second-order valence-corrected chi connectivity index (χ2v) is 7.10. The second kappa shape index (κ2) is 8.78. The van der Waals surface area contributed by atoms with E-state index in [0.29, 0.717) is 6.61 Å². The second-order valence-electron chi connectivity index (χ2n) is 4.43. The maximum absolute atomic E-state index is 8.86. The van der Waals surface area contributed by atoms with Crippen molar-refractivity contribution in [2.75, 3.05) is 6.61 Å². The van der Waals surface area contributed by atoms with Gasteiger partial charge in [-0.25, -0.2) is 0 Å². The fourth-order valence-corrected chi connectivity index (χ4v) is 2.38.